The van der Waals surface area contributed by atoms with Gasteiger partial charge in [-0.1, -0.05) is 18.6 Å². The number of rotatable bonds is 1. The summed E-state index contributed by atoms with van der Waals surface area (Å²) < 4.78 is 0. The zero-order valence-electron chi connectivity index (χ0n) is 7.68. The minimum atomic E-state index is 0.489. The normalized spacial score (nSPS) is 34.8. The fraction of sp³-hybridized carbons (Fsp3) is 0.727. The summed E-state index contributed by atoms with van der Waals surface area (Å²) in [7, 11) is 0. The maximum Gasteiger partial charge on any atom is 0.133 e. The minimum absolute atomic E-state index is 0.489. The number of fused-ring (bicyclic) bond motifs is 2. The van der Waals surface area contributed by atoms with Gasteiger partial charge in [0.05, 0.1) is 0 Å². The predicted octanol–water partition coefficient (Wildman–Crippen LogP) is 2.71. The smallest absolute Gasteiger partial charge is 0.133 e. The molecule has 0 aromatic carbocycles. The highest BCUT2D eigenvalue weighted by molar-refractivity contribution is 5.80. The van der Waals surface area contributed by atoms with Gasteiger partial charge in [-0.15, -0.1) is 0 Å². The molecule has 0 unspecified atom stereocenters. The first-order valence-electron chi connectivity index (χ1n) is 4.99. The number of carbonyl (C=O) groups is 1. The van der Waals surface area contributed by atoms with Gasteiger partial charge in [0, 0.05) is 12.8 Å². The van der Waals surface area contributed by atoms with Crippen molar-refractivity contribution in [1.29, 1.82) is 0 Å². The van der Waals surface area contributed by atoms with Crippen molar-refractivity contribution in [2.45, 2.75) is 39.0 Å². The Bertz CT molecular complexity index is 227. The molecule has 0 aromatic heterocycles. The van der Waals surface area contributed by atoms with E-state index in [1.807, 2.05) is 0 Å². The lowest BCUT2D eigenvalue weighted by molar-refractivity contribution is -0.122. The summed E-state index contributed by atoms with van der Waals surface area (Å²) in [6.07, 6.45) is 7.68. The zero-order chi connectivity index (χ0) is 8.55. The molecular weight excluding hydrogens is 148 g/mol. The Kier molecular flexibility index (Phi) is 2.03. The standard InChI is InChI=1S/C11H16O/c1-2-8-3-9-5-10(4-8)7-11(12)6-9/h3,9-10H,2,4-7H2,1H3/t9-,10+/m1/s1. The predicted molar refractivity (Wildman–Crippen MR) is 48.8 cm³/mol. The van der Waals surface area contributed by atoms with E-state index in [1.54, 1.807) is 5.57 Å². The van der Waals surface area contributed by atoms with Crippen LogP contribution in [-0.4, -0.2) is 5.78 Å². The molecule has 1 fully saturated rings. The fourth-order valence-electron chi connectivity index (χ4n) is 2.61. The first-order chi connectivity index (χ1) is 5.78. The van der Waals surface area contributed by atoms with E-state index >= 15 is 0 Å². The molecule has 0 radical (unpaired) electrons. The molecule has 2 aliphatic carbocycles. The molecule has 0 spiro atoms. The summed E-state index contributed by atoms with van der Waals surface area (Å²) in [5.41, 5.74) is 1.59. The van der Waals surface area contributed by atoms with Crippen LogP contribution in [-0.2, 0) is 4.79 Å². The van der Waals surface area contributed by atoms with Crippen molar-refractivity contribution in [3.05, 3.63) is 11.6 Å². The van der Waals surface area contributed by atoms with E-state index in [2.05, 4.69) is 13.0 Å². The highest BCUT2D eigenvalue weighted by Crippen LogP contribution is 2.37. The van der Waals surface area contributed by atoms with Crippen molar-refractivity contribution >= 4 is 5.78 Å². The first kappa shape index (κ1) is 8.03. The van der Waals surface area contributed by atoms with Crippen LogP contribution in [0.1, 0.15) is 39.0 Å². The van der Waals surface area contributed by atoms with E-state index in [4.69, 9.17) is 0 Å². The van der Waals surface area contributed by atoms with Crippen LogP contribution in [0.3, 0.4) is 0 Å². The Morgan fingerprint density at radius 2 is 2.25 bits per heavy atom. The maximum absolute atomic E-state index is 11.2. The Morgan fingerprint density at radius 1 is 1.42 bits per heavy atom. The van der Waals surface area contributed by atoms with Crippen LogP contribution in [0, 0.1) is 11.8 Å². The van der Waals surface area contributed by atoms with Crippen molar-refractivity contribution in [2.24, 2.45) is 11.8 Å². The molecule has 2 aliphatic rings. The monoisotopic (exact) mass is 164 g/mol. The van der Waals surface area contributed by atoms with E-state index in [0.29, 0.717) is 17.6 Å². The van der Waals surface area contributed by atoms with Gasteiger partial charge in [0.1, 0.15) is 5.78 Å². The quantitative estimate of drug-likeness (QED) is 0.544. The van der Waals surface area contributed by atoms with Crippen LogP contribution < -0.4 is 0 Å². The molecule has 2 rings (SSSR count). The molecule has 0 heterocycles. The van der Waals surface area contributed by atoms with Gasteiger partial charge in [0.2, 0.25) is 0 Å². The fourth-order valence-corrected chi connectivity index (χ4v) is 2.61. The third kappa shape index (κ3) is 1.45. The number of allylic oxidation sites excluding steroid dienone is 2. The van der Waals surface area contributed by atoms with Crippen molar-refractivity contribution in [3.8, 4) is 0 Å². The van der Waals surface area contributed by atoms with Crippen molar-refractivity contribution in [3.63, 3.8) is 0 Å². The average Bonchev–Trinajstić information content (AvgIpc) is 2.02. The second kappa shape index (κ2) is 3.04. The van der Waals surface area contributed by atoms with Gasteiger partial charge >= 0.3 is 0 Å². The second-order valence-electron chi connectivity index (χ2n) is 4.19. The van der Waals surface area contributed by atoms with Gasteiger partial charge in [-0.25, -0.2) is 0 Å². The maximum atomic E-state index is 11.2. The lowest BCUT2D eigenvalue weighted by atomic mass is 9.72. The molecule has 0 aliphatic heterocycles. The van der Waals surface area contributed by atoms with Gasteiger partial charge in [-0.2, -0.15) is 0 Å². The van der Waals surface area contributed by atoms with Crippen LogP contribution >= 0.6 is 0 Å². The Labute approximate surface area is 73.8 Å². The molecule has 12 heavy (non-hydrogen) atoms. The molecule has 0 aromatic rings. The van der Waals surface area contributed by atoms with Crippen LogP contribution in [0.15, 0.2) is 11.6 Å². The molecule has 1 nitrogen and oxygen atoms in total. The van der Waals surface area contributed by atoms with Gasteiger partial charge < -0.3 is 0 Å². The number of hydrogen-bond donors (Lipinski definition) is 0. The molecule has 1 saturated carbocycles. The van der Waals surface area contributed by atoms with Crippen LogP contribution in [0.2, 0.25) is 0 Å². The summed E-state index contributed by atoms with van der Waals surface area (Å²) in [5.74, 6) is 1.78. The number of Topliss-reactive ketones (excluding diaryl/α,β-unsaturated/α-hetero) is 1. The van der Waals surface area contributed by atoms with Gasteiger partial charge in [0.15, 0.2) is 0 Å². The van der Waals surface area contributed by atoms with Crippen LogP contribution in [0.5, 0.6) is 0 Å². The Morgan fingerprint density at radius 3 is 2.92 bits per heavy atom. The molecule has 66 valence electrons. The molecule has 0 saturated heterocycles. The lowest BCUT2D eigenvalue weighted by Gasteiger charge is -2.32. The average molecular weight is 164 g/mol. The third-order valence-corrected chi connectivity index (χ3v) is 3.12. The van der Waals surface area contributed by atoms with Gasteiger partial charge in [-0.3, -0.25) is 4.79 Å². The lowest BCUT2D eigenvalue weighted by Crippen LogP contribution is -2.25. The van der Waals surface area contributed by atoms with E-state index in [-0.39, 0.29) is 0 Å². The number of carbonyl (C=O) groups excluding carboxylic acids is 1. The Hall–Kier alpha value is -0.590. The molecule has 0 N–H and O–H groups in total. The Balaban J connectivity index is 2.14. The van der Waals surface area contributed by atoms with E-state index in [0.717, 1.165) is 12.8 Å². The number of hydrogen-bond acceptors (Lipinski definition) is 1. The summed E-state index contributed by atoms with van der Waals surface area (Å²) in [6.45, 7) is 2.22. The van der Waals surface area contributed by atoms with Crippen molar-refractivity contribution in [1.82, 2.24) is 0 Å². The van der Waals surface area contributed by atoms with Gasteiger partial charge in [-0.05, 0) is 31.1 Å². The largest absolute Gasteiger partial charge is 0.300 e. The first-order valence-corrected chi connectivity index (χ1v) is 4.99. The van der Waals surface area contributed by atoms with E-state index < -0.39 is 0 Å². The summed E-state index contributed by atoms with van der Waals surface area (Å²) in [4.78, 5) is 11.2. The summed E-state index contributed by atoms with van der Waals surface area (Å²) >= 11 is 0. The summed E-state index contributed by atoms with van der Waals surface area (Å²) in [5, 5.41) is 0. The van der Waals surface area contributed by atoms with E-state index in [1.165, 1.54) is 19.3 Å². The molecular formula is C11H16O. The molecule has 2 bridgehead atoms. The van der Waals surface area contributed by atoms with E-state index in [9.17, 15) is 4.79 Å². The molecule has 2 atom stereocenters. The van der Waals surface area contributed by atoms with Crippen LogP contribution in [0.4, 0.5) is 0 Å². The SMILES string of the molecule is CCC1=C[C@H]2CC(=O)C[C@@H](C1)C2. The third-order valence-electron chi connectivity index (χ3n) is 3.12. The second-order valence-corrected chi connectivity index (χ2v) is 4.19. The molecule has 1 heteroatoms. The topological polar surface area (TPSA) is 17.1 Å². The van der Waals surface area contributed by atoms with Crippen LogP contribution in [0.25, 0.3) is 0 Å². The minimum Gasteiger partial charge on any atom is -0.300 e. The highest BCUT2D eigenvalue weighted by atomic mass is 16.1. The van der Waals surface area contributed by atoms with Crippen molar-refractivity contribution in [2.75, 3.05) is 0 Å². The van der Waals surface area contributed by atoms with Gasteiger partial charge in [0.25, 0.3) is 0 Å². The van der Waals surface area contributed by atoms with Crippen molar-refractivity contribution < 1.29 is 4.79 Å². The zero-order valence-corrected chi connectivity index (χ0v) is 7.68. The highest BCUT2D eigenvalue weighted by Gasteiger charge is 2.29. The number of ketones is 1. The molecule has 0 amide bonds. The summed E-state index contributed by atoms with van der Waals surface area (Å²) in [6, 6.07) is 0.